The van der Waals surface area contributed by atoms with Crippen LogP contribution < -0.4 is 0 Å². The predicted octanol–water partition coefficient (Wildman–Crippen LogP) is 2.65. The molecule has 2 aromatic carbocycles. The maximum atomic E-state index is 9.50. The van der Waals surface area contributed by atoms with E-state index in [1.54, 1.807) is 24.3 Å². The molecule has 3 heteroatoms. The Morgan fingerprint density at radius 3 is 2.56 bits per heavy atom. The molecule has 0 atom stereocenters. The first-order valence-electron chi connectivity index (χ1n) is 4.78. The third-order valence-corrected chi connectivity index (χ3v) is 2.06. The van der Waals surface area contributed by atoms with Crippen LogP contribution in [0.2, 0.25) is 0 Å². The minimum absolute atomic E-state index is 0.0871. The highest BCUT2D eigenvalue weighted by molar-refractivity contribution is 5.85. The van der Waals surface area contributed by atoms with Gasteiger partial charge in [-0.15, -0.1) is 0 Å². The molecule has 0 heterocycles. The van der Waals surface area contributed by atoms with E-state index in [9.17, 15) is 10.2 Å². The van der Waals surface area contributed by atoms with Crippen molar-refractivity contribution in [3.05, 3.63) is 54.1 Å². The summed E-state index contributed by atoms with van der Waals surface area (Å²) in [7, 11) is 0. The average Bonchev–Trinajstić information content (AvgIpc) is 2.32. The van der Waals surface area contributed by atoms with Crippen molar-refractivity contribution in [1.29, 1.82) is 0 Å². The summed E-state index contributed by atoms with van der Waals surface area (Å²) in [5.74, 6) is 0.185. The van der Waals surface area contributed by atoms with Crippen LogP contribution in [0, 0.1) is 6.07 Å². The zero-order chi connectivity index (χ0) is 11.4. The summed E-state index contributed by atoms with van der Waals surface area (Å²) in [4.78, 5) is 4.16. The van der Waals surface area contributed by atoms with Crippen LogP contribution in [0.4, 0.5) is 5.69 Å². The second kappa shape index (κ2) is 4.49. The lowest BCUT2D eigenvalue weighted by atomic mass is 10.2. The first-order valence-corrected chi connectivity index (χ1v) is 4.78. The van der Waals surface area contributed by atoms with E-state index in [4.69, 9.17) is 0 Å². The third kappa shape index (κ3) is 2.39. The highest BCUT2D eigenvalue weighted by Gasteiger charge is 1.98. The molecule has 2 aromatic rings. The van der Waals surface area contributed by atoms with Crippen molar-refractivity contribution in [3.8, 4) is 11.5 Å². The first-order chi connectivity index (χ1) is 7.75. The van der Waals surface area contributed by atoms with E-state index < -0.39 is 0 Å². The molecule has 0 amide bonds. The number of nitrogens with zero attached hydrogens (tertiary/aromatic N) is 1. The van der Waals surface area contributed by atoms with Crippen molar-refractivity contribution < 1.29 is 10.2 Å². The van der Waals surface area contributed by atoms with E-state index in [-0.39, 0.29) is 11.5 Å². The zero-order valence-corrected chi connectivity index (χ0v) is 8.46. The molecule has 0 saturated heterocycles. The van der Waals surface area contributed by atoms with Crippen molar-refractivity contribution in [2.45, 2.75) is 0 Å². The van der Waals surface area contributed by atoms with Crippen LogP contribution >= 0.6 is 0 Å². The number of rotatable bonds is 2. The van der Waals surface area contributed by atoms with Gasteiger partial charge in [0.1, 0.15) is 11.5 Å². The minimum Gasteiger partial charge on any atom is -0.508 e. The maximum Gasteiger partial charge on any atom is 0.124 e. The highest BCUT2D eigenvalue weighted by atomic mass is 16.3. The Hall–Kier alpha value is -2.29. The van der Waals surface area contributed by atoms with Crippen LogP contribution in [-0.4, -0.2) is 16.4 Å². The van der Waals surface area contributed by atoms with E-state index in [0.717, 1.165) is 5.69 Å². The number of hydrogen-bond donors (Lipinski definition) is 2. The van der Waals surface area contributed by atoms with E-state index in [0.29, 0.717) is 5.56 Å². The van der Waals surface area contributed by atoms with E-state index in [1.165, 1.54) is 24.4 Å². The van der Waals surface area contributed by atoms with E-state index >= 15 is 0 Å². The van der Waals surface area contributed by atoms with Gasteiger partial charge in [0, 0.05) is 11.8 Å². The van der Waals surface area contributed by atoms with Gasteiger partial charge in [-0.2, -0.15) is 0 Å². The van der Waals surface area contributed by atoms with E-state index in [2.05, 4.69) is 11.1 Å². The molecule has 0 aliphatic carbocycles. The highest BCUT2D eigenvalue weighted by Crippen LogP contribution is 2.21. The van der Waals surface area contributed by atoms with Gasteiger partial charge in [0.05, 0.1) is 5.69 Å². The fourth-order valence-corrected chi connectivity index (χ4v) is 1.25. The van der Waals surface area contributed by atoms with Crippen LogP contribution in [-0.2, 0) is 0 Å². The lowest BCUT2D eigenvalue weighted by Crippen LogP contribution is -1.81. The number of benzene rings is 2. The van der Waals surface area contributed by atoms with Crippen molar-refractivity contribution in [1.82, 2.24) is 0 Å². The lowest BCUT2D eigenvalue weighted by Gasteiger charge is -1.99. The molecular weight excluding hydrogens is 202 g/mol. The Morgan fingerprint density at radius 1 is 1.06 bits per heavy atom. The topological polar surface area (TPSA) is 52.8 Å². The Kier molecular flexibility index (Phi) is 2.87. The normalized spacial score (nSPS) is 10.8. The molecule has 0 bridgehead atoms. The smallest absolute Gasteiger partial charge is 0.124 e. The molecule has 0 spiro atoms. The second-order valence-corrected chi connectivity index (χ2v) is 3.26. The van der Waals surface area contributed by atoms with Crippen LogP contribution in [0.5, 0.6) is 11.5 Å². The Balaban J connectivity index is 2.27. The standard InChI is InChI=1S/C13H10NO2/c15-12-6-7-13(16)10(8-12)9-14-11-4-2-1-3-5-11/h2-9,15-16H/b14-9+. The molecule has 3 nitrogen and oxygen atoms in total. The summed E-state index contributed by atoms with van der Waals surface area (Å²) in [6.07, 6.45) is 1.50. The van der Waals surface area contributed by atoms with Gasteiger partial charge in [0.2, 0.25) is 0 Å². The minimum atomic E-state index is 0.0871. The SMILES string of the molecule is Oc1ccc(O)c(/C=N/c2cc[c]cc2)c1. The number of aliphatic imine (C=N–C) groups is 1. The molecule has 0 aliphatic heterocycles. The molecule has 0 saturated carbocycles. The van der Waals surface area contributed by atoms with E-state index in [1.807, 2.05) is 0 Å². The van der Waals surface area contributed by atoms with Crippen LogP contribution in [0.25, 0.3) is 0 Å². The molecule has 0 fully saturated rings. The number of phenolic OH excluding ortho intramolecular Hbond substituents is 2. The van der Waals surface area contributed by atoms with Gasteiger partial charge >= 0.3 is 0 Å². The first kappa shape index (κ1) is 10.2. The quantitative estimate of drug-likeness (QED) is 0.594. The third-order valence-electron chi connectivity index (χ3n) is 2.06. The van der Waals surface area contributed by atoms with Crippen LogP contribution in [0.3, 0.4) is 0 Å². The van der Waals surface area contributed by atoms with Crippen molar-refractivity contribution in [2.75, 3.05) is 0 Å². The summed E-state index contributed by atoms with van der Waals surface area (Å²) >= 11 is 0. The Labute approximate surface area is 93.3 Å². The van der Waals surface area contributed by atoms with Gasteiger partial charge in [0.15, 0.2) is 0 Å². The second-order valence-electron chi connectivity index (χ2n) is 3.26. The van der Waals surface area contributed by atoms with Gasteiger partial charge in [0.25, 0.3) is 0 Å². The van der Waals surface area contributed by atoms with Crippen LogP contribution in [0.15, 0.2) is 47.5 Å². The predicted molar refractivity (Wildman–Crippen MR) is 62.3 cm³/mol. The van der Waals surface area contributed by atoms with Crippen LogP contribution in [0.1, 0.15) is 5.56 Å². The zero-order valence-electron chi connectivity index (χ0n) is 8.46. The van der Waals surface area contributed by atoms with Gasteiger partial charge in [-0.05, 0) is 36.4 Å². The molecule has 16 heavy (non-hydrogen) atoms. The van der Waals surface area contributed by atoms with Crippen molar-refractivity contribution >= 4 is 11.9 Å². The fourth-order valence-electron chi connectivity index (χ4n) is 1.25. The average molecular weight is 212 g/mol. The summed E-state index contributed by atoms with van der Waals surface area (Å²) in [6, 6.07) is 14.3. The molecule has 0 aromatic heterocycles. The van der Waals surface area contributed by atoms with Gasteiger partial charge in [-0.25, -0.2) is 0 Å². The molecule has 79 valence electrons. The lowest BCUT2D eigenvalue weighted by molar-refractivity contribution is 0.459. The molecule has 2 rings (SSSR count). The molecule has 1 radical (unpaired) electrons. The summed E-state index contributed by atoms with van der Waals surface area (Å²) in [6.45, 7) is 0. The Bertz CT molecular complexity index is 507. The number of aromatic hydroxyl groups is 2. The number of phenols is 2. The maximum absolute atomic E-state index is 9.50. The van der Waals surface area contributed by atoms with Gasteiger partial charge in [-0.3, -0.25) is 4.99 Å². The monoisotopic (exact) mass is 212 g/mol. The largest absolute Gasteiger partial charge is 0.508 e. The van der Waals surface area contributed by atoms with Gasteiger partial charge in [-0.1, -0.05) is 12.1 Å². The summed E-state index contributed by atoms with van der Waals surface area (Å²) in [5, 5.41) is 18.8. The summed E-state index contributed by atoms with van der Waals surface area (Å²) in [5.41, 5.74) is 1.24. The van der Waals surface area contributed by atoms with Crippen molar-refractivity contribution in [3.63, 3.8) is 0 Å². The molecule has 0 aliphatic rings. The van der Waals surface area contributed by atoms with Crippen molar-refractivity contribution in [2.24, 2.45) is 4.99 Å². The number of hydrogen-bond acceptors (Lipinski definition) is 3. The van der Waals surface area contributed by atoms with Gasteiger partial charge < -0.3 is 10.2 Å². The summed E-state index contributed by atoms with van der Waals surface area (Å²) < 4.78 is 0. The molecule has 0 unspecified atom stereocenters. The molecular formula is C13H10NO2. The Morgan fingerprint density at radius 2 is 1.81 bits per heavy atom. The molecule has 2 N–H and O–H groups in total. The fraction of sp³-hybridized carbons (Fsp3) is 0.